The second-order valence-electron chi connectivity index (χ2n) is 5.14. The number of fused-ring (bicyclic) bond motifs is 1. The number of hydrogen-bond donors (Lipinski definition) is 0. The summed E-state index contributed by atoms with van der Waals surface area (Å²) in [5.41, 5.74) is 3.48. The molecule has 0 N–H and O–H groups in total. The number of amides is 1. The number of halogens is 1. The minimum absolute atomic E-state index is 0.00278. The Morgan fingerprint density at radius 1 is 1.10 bits per heavy atom. The molecular weight excluding hydrogens is 328 g/mol. The summed E-state index contributed by atoms with van der Waals surface area (Å²) in [5.74, 6) is 0.00278. The zero-order valence-electron chi connectivity index (χ0n) is 11.9. The number of hydrogen-bond acceptors (Lipinski definition) is 2. The number of para-hydroxylation sites is 1. The molecular formula is C17H15BrN2O. The third kappa shape index (κ3) is 2.47. The average molecular weight is 343 g/mol. The van der Waals surface area contributed by atoms with Gasteiger partial charge in [0.15, 0.2) is 0 Å². The van der Waals surface area contributed by atoms with Crippen molar-refractivity contribution in [2.24, 2.45) is 0 Å². The highest BCUT2D eigenvalue weighted by Crippen LogP contribution is 2.41. The van der Waals surface area contributed by atoms with Gasteiger partial charge in [-0.3, -0.25) is 9.69 Å². The fourth-order valence-corrected chi connectivity index (χ4v) is 2.88. The molecule has 21 heavy (non-hydrogen) atoms. The lowest BCUT2D eigenvalue weighted by atomic mass is 10.1. The lowest BCUT2D eigenvalue weighted by Crippen LogP contribution is -2.21. The molecule has 3 nitrogen and oxygen atoms in total. The third-order valence-electron chi connectivity index (χ3n) is 3.32. The van der Waals surface area contributed by atoms with Gasteiger partial charge in [0.25, 0.3) is 5.91 Å². The number of rotatable bonds is 2. The fourth-order valence-electron chi connectivity index (χ4n) is 2.50. The molecule has 1 aliphatic rings. The van der Waals surface area contributed by atoms with E-state index in [0.717, 1.165) is 27.0 Å². The summed E-state index contributed by atoms with van der Waals surface area (Å²) in [6, 6.07) is 15.7. The molecule has 0 saturated carbocycles. The highest BCUT2D eigenvalue weighted by atomic mass is 79.9. The second kappa shape index (κ2) is 5.37. The van der Waals surface area contributed by atoms with Crippen molar-refractivity contribution in [2.75, 3.05) is 19.0 Å². The molecule has 0 aromatic heterocycles. The van der Waals surface area contributed by atoms with Crippen LogP contribution in [0.15, 0.2) is 59.2 Å². The van der Waals surface area contributed by atoms with Gasteiger partial charge < -0.3 is 4.90 Å². The van der Waals surface area contributed by atoms with Crippen molar-refractivity contribution < 1.29 is 4.79 Å². The maximum Gasteiger partial charge on any atom is 0.265 e. The maximum absolute atomic E-state index is 12.8. The van der Waals surface area contributed by atoms with E-state index in [4.69, 9.17) is 0 Å². The number of anilines is 2. The van der Waals surface area contributed by atoms with Crippen molar-refractivity contribution in [2.45, 2.75) is 0 Å². The van der Waals surface area contributed by atoms with E-state index in [9.17, 15) is 4.79 Å². The Hall–Kier alpha value is -2.07. The highest BCUT2D eigenvalue weighted by molar-refractivity contribution is 9.10. The van der Waals surface area contributed by atoms with E-state index in [1.807, 2.05) is 73.7 Å². The van der Waals surface area contributed by atoms with Crippen LogP contribution in [0.2, 0.25) is 0 Å². The molecule has 0 unspecified atom stereocenters. The van der Waals surface area contributed by atoms with Crippen LogP contribution >= 0.6 is 15.9 Å². The highest BCUT2D eigenvalue weighted by Gasteiger charge is 2.33. The number of nitrogens with zero attached hydrogens (tertiary/aromatic N) is 2. The zero-order valence-corrected chi connectivity index (χ0v) is 13.5. The first kappa shape index (κ1) is 13.9. The van der Waals surface area contributed by atoms with Gasteiger partial charge in [-0.2, -0.15) is 0 Å². The van der Waals surface area contributed by atoms with Gasteiger partial charge in [-0.15, -0.1) is 0 Å². The van der Waals surface area contributed by atoms with Crippen LogP contribution in [-0.2, 0) is 4.79 Å². The van der Waals surface area contributed by atoms with E-state index in [1.165, 1.54) is 0 Å². The van der Waals surface area contributed by atoms with E-state index >= 15 is 0 Å². The Bertz CT molecular complexity index is 737. The summed E-state index contributed by atoms with van der Waals surface area (Å²) in [4.78, 5) is 16.5. The minimum atomic E-state index is 0.00278. The minimum Gasteiger partial charge on any atom is -0.383 e. The van der Waals surface area contributed by atoms with Crippen molar-refractivity contribution >= 4 is 38.8 Å². The van der Waals surface area contributed by atoms with Crippen LogP contribution in [-0.4, -0.2) is 24.9 Å². The van der Waals surface area contributed by atoms with Crippen LogP contribution in [0, 0.1) is 0 Å². The predicted octanol–water partition coefficient (Wildman–Crippen LogP) is 4.03. The Kier molecular flexibility index (Phi) is 3.55. The summed E-state index contributed by atoms with van der Waals surface area (Å²) in [6.45, 7) is 0. The van der Waals surface area contributed by atoms with Gasteiger partial charge >= 0.3 is 0 Å². The van der Waals surface area contributed by atoms with E-state index in [0.29, 0.717) is 0 Å². The van der Waals surface area contributed by atoms with Gasteiger partial charge in [-0.05, 0) is 24.3 Å². The molecule has 2 aromatic rings. The summed E-state index contributed by atoms with van der Waals surface area (Å²) >= 11 is 3.46. The maximum atomic E-state index is 12.8. The van der Waals surface area contributed by atoms with Crippen molar-refractivity contribution in [1.82, 2.24) is 4.90 Å². The molecule has 0 radical (unpaired) electrons. The zero-order chi connectivity index (χ0) is 15.0. The topological polar surface area (TPSA) is 23.6 Å². The molecule has 1 aliphatic heterocycles. The van der Waals surface area contributed by atoms with E-state index in [-0.39, 0.29) is 5.91 Å². The summed E-state index contributed by atoms with van der Waals surface area (Å²) in [7, 11) is 3.84. The van der Waals surface area contributed by atoms with Gasteiger partial charge in [0.2, 0.25) is 0 Å². The molecule has 0 fully saturated rings. The van der Waals surface area contributed by atoms with Crippen molar-refractivity contribution in [1.29, 1.82) is 0 Å². The first-order chi connectivity index (χ1) is 10.1. The Labute approximate surface area is 132 Å². The fraction of sp³-hybridized carbons (Fsp3) is 0.118. The predicted molar refractivity (Wildman–Crippen MR) is 89.4 cm³/mol. The van der Waals surface area contributed by atoms with Gasteiger partial charge in [0.1, 0.15) is 0 Å². The summed E-state index contributed by atoms with van der Waals surface area (Å²) in [6.07, 6.45) is 1.87. The molecule has 1 heterocycles. The lowest BCUT2D eigenvalue weighted by molar-refractivity contribution is -0.112. The molecule has 106 valence electrons. The molecule has 0 saturated heterocycles. The van der Waals surface area contributed by atoms with Gasteiger partial charge in [-0.1, -0.05) is 40.2 Å². The normalized spacial score (nSPS) is 15.5. The Morgan fingerprint density at radius 3 is 2.57 bits per heavy atom. The Balaban J connectivity index is 2.17. The van der Waals surface area contributed by atoms with Crippen molar-refractivity contribution in [3.8, 4) is 0 Å². The van der Waals surface area contributed by atoms with Crippen LogP contribution in [0.5, 0.6) is 0 Å². The van der Waals surface area contributed by atoms with Crippen LogP contribution in [0.25, 0.3) is 5.57 Å². The van der Waals surface area contributed by atoms with E-state index in [1.54, 1.807) is 4.90 Å². The second-order valence-corrected chi connectivity index (χ2v) is 6.06. The lowest BCUT2D eigenvalue weighted by Gasteiger charge is -2.17. The molecule has 0 bridgehead atoms. The largest absolute Gasteiger partial charge is 0.383 e. The molecule has 0 atom stereocenters. The standard InChI is InChI=1S/C17H15BrN2O/c1-19(2)11-15-14-8-3-4-9-16(14)20(17(15)21)13-7-5-6-12(18)10-13/h3-11H,1-2H3/b15-11-. The molecule has 0 aliphatic carbocycles. The summed E-state index contributed by atoms with van der Waals surface area (Å²) in [5, 5.41) is 0. The molecule has 0 spiro atoms. The SMILES string of the molecule is CN(C)/C=C1\C(=O)N(c2cccc(Br)c2)c2ccccc21. The number of carbonyl (C=O) groups is 1. The van der Waals surface area contributed by atoms with Crippen molar-refractivity contribution in [3.05, 3.63) is 64.8 Å². The van der Waals surface area contributed by atoms with Crippen LogP contribution in [0.1, 0.15) is 5.56 Å². The van der Waals surface area contributed by atoms with Crippen LogP contribution in [0.3, 0.4) is 0 Å². The molecule has 3 rings (SSSR count). The molecule has 2 aromatic carbocycles. The first-order valence-corrected chi connectivity index (χ1v) is 7.45. The third-order valence-corrected chi connectivity index (χ3v) is 3.82. The van der Waals surface area contributed by atoms with E-state index in [2.05, 4.69) is 15.9 Å². The molecule has 4 heteroatoms. The van der Waals surface area contributed by atoms with E-state index < -0.39 is 0 Å². The monoisotopic (exact) mass is 342 g/mol. The number of benzene rings is 2. The van der Waals surface area contributed by atoms with Gasteiger partial charge in [-0.25, -0.2) is 0 Å². The average Bonchev–Trinajstić information content (AvgIpc) is 2.71. The first-order valence-electron chi connectivity index (χ1n) is 6.65. The van der Waals surface area contributed by atoms with Crippen LogP contribution in [0.4, 0.5) is 11.4 Å². The number of carbonyl (C=O) groups excluding carboxylic acids is 1. The summed E-state index contributed by atoms with van der Waals surface area (Å²) < 4.78 is 0.954. The smallest absolute Gasteiger partial charge is 0.265 e. The quantitative estimate of drug-likeness (QED) is 0.769. The van der Waals surface area contributed by atoms with Crippen LogP contribution < -0.4 is 4.90 Å². The van der Waals surface area contributed by atoms with Gasteiger partial charge in [0, 0.05) is 30.3 Å². The Morgan fingerprint density at radius 2 is 1.86 bits per heavy atom. The molecule has 1 amide bonds. The van der Waals surface area contributed by atoms with Gasteiger partial charge in [0.05, 0.1) is 16.9 Å². The van der Waals surface area contributed by atoms with Crippen molar-refractivity contribution in [3.63, 3.8) is 0 Å².